The van der Waals surface area contributed by atoms with Crippen LogP contribution in [-0.4, -0.2) is 52.1 Å². The van der Waals surface area contributed by atoms with Gasteiger partial charge in [-0.3, -0.25) is 9.10 Å². The van der Waals surface area contributed by atoms with Crippen molar-refractivity contribution in [1.29, 1.82) is 0 Å². The maximum atomic E-state index is 13.0. The molecule has 0 aromatic heterocycles. The molecule has 154 valence electrons. The lowest BCUT2D eigenvalue weighted by atomic mass is 10.2. The maximum Gasteiger partial charge on any atom is 0.267 e. The van der Waals surface area contributed by atoms with Gasteiger partial charge in [0.15, 0.2) is 11.5 Å². The number of amides is 1. The number of ether oxygens (including phenoxy) is 2. The Kier molecular flexibility index (Phi) is 5.12. The Labute approximate surface area is 170 Å². The standard InChI is InChI=1S/C21H24N2O5S/c1-15-5-7-16(8-6-15)22(2)29(25,26)17-9-10-18-19(13-17)27-14-20(28-18)21(24)23-11-3-4-12-23/h5-10,13,20H,3-4,11-12,14H2,1-2H3/t20-/m0/s1. The minimum atomic E-state index is -3.76. The predicted octanol–water partition coefficient (Wildman–Crippen LogP) is 2.58. The van der Waals surface area contributed by atoms with Crippen molar-refractivity contribution in [3.63, 3.8) is 0 Å². The normalized spacial score (nSPS) is 18.6. The predicted molar refractivity (Wildman–Crippen MR) is 109 cm³/mol. The molecule has 1 saturated heterocycles. The number of hydrogen-bond acceptors (Lipinski definition) is 5. The van der Waals surface area contributed by atoms with E-state index >= 15 is 0 Å². The summed E-state index contributed by atoms with van der Waals surface area (Å²) in [4.78, 5) is 14.4. The Morgan fingerprint density at radius 2 is 1.76 bits per heavy atom. The zero-order chi connectivity index (χ0) is 20.6. The summed E-state index contributed by atoms with van der Waals surface area (Å²) >= 11 is 0. The van der Waals surface area contributed by atoms with Crippen molar-refractivity contribution in [3.05, 3.63) is 48.0 Å². The number of anilines is 1. The van der Waals surface area contributed by atoms with Gasteiger partial charge in [-0.15, -0.1) is 0 Å². The molecule has 2 heterocycles. The van der Waals surface area contributed by atoms with E-state index in [0.29, 0.717) is 17.2 Å². The topological polar surface area (TPSA) is 76.2 Å². The Bertz CT molecular complexity index is 1010. The molecule has 1 fully saturated rings. The average Bonchev–Trinajstić information content (AvgIpc) is 3.27. The summed E-state index contributed by atoms with van der Waals surface area (Å²) in [5.74, 6) is 0.628. The lowest BCUT2D eigenvalue weighted by Crippen LogP contribution is -2.45. The fourth-order valence-corrected chi connectivity index (χ4v) is 4.74. The van der Waals surface area contributed by atoms with E-state index in [1.807, 2.05) is 19.1 Å². The van der Waals surface area contributed by atoms with Crippen LogP contribution in [0, 0.1) is 6.92 Å². The van der Waals surface area contributed by atoms with Crippen LogP contribution in [0.2, 0.25) is 0 Å². The van der Waals surface area contributed by atoms with Gasteiger partial charge in [-0.25, -0.2) is 8.42 Å². The van der Waals surface area contributed by atoms with Crippen LogP contribution in [0.1, 0.15) is 18.4 Å². The number of sulfonamides is 1. The third-order valence-corrected chi connectivity index (χ3v) is 7.11. The average molecular weight is 416 g/mol. The molecule has 7 nitrogen and oxygen atoms in total. The first-order valence-corrected chi connectivity index (χ1v) is 11.1. The van der Waals surface area contributed by atoms with E-state index in [2.05, 4.69) is 0 Å². The minimum Gasteiger partial charge on any atom is -0.485 e. The fraction of sp³-hybridized carbons (Fsp3) is 0.381. The van der Waals surface area contributed by atoms with E-state index in [1.54, 1.807) is 23.1 Å². The van der Waals surface area contributed by atoms with Crippen LogP contribution in [0.3, 0.4) is 0 Å². The summed E-state index contributed by atoms with van der Waals surface area (Å²) in [5, 5.41) is 0. The van der Waals surface area contributed by atoms with Crippen molar-refractivity contribution in [2.45, 2.75) is 30.8 Å². The highest BCUT2D eigenvalue weighted by molar-refractivity contribution is 7.92. The molecule has 1 atom stereocenters. The van der Waals surface area contributed by atoms with Gasteiger partial charge in [0.1, 0.15) is 6.61 Å². The third-order valence-electron chi connectivity index (χ3n) is 5.32. The van der Waals surface area contributed by atoms with Gasteiger partial charge >= 0.3 is 0 Å². The number of rotatable bonds is 4. The minimum absolute atomic E-state index is 0.0691. The second-order valence-corrected chi connectivity index (χ2v) is 9.34. The molecule has 2 aromatic carbocycles. The quantitative estimate of drug-likeness (QED) is 0.766. The Morgan fingerprint density at radius 3 is 2.45 bits per heavy atom. The Hall–Kier alpha value is -2.74. The smallest absolute Gasteiger partial charge is 0.267 e. The van der Waals surface area contributed by atoms with Crippen molar-refractivity contribution in [2.24, 2.45) is 0 Å². The van der Waals surface area contributed by atoms with Gasteiger partial charge in [0, 0.05) is 26.2 Å². The van der Waals surface area contributed by atoms with Crippen molar-refractivity contribution < 1.29 is 22.7 Å². The number of fused-ring (bicyclic) bond motifs is 1. The largest absolute Gasteiger partial charge is 0.485 e. The van der Waals surface area contributed by atoms with E-state index < -0.39 is 16.1 Å². The van der Waals surface area contributed by atoms with Crippen molar-refractivity contribution in [2.75, 3.05) is 31.0 Å². The summed E-state index contributed by atoms with van der Waals surface area (Å²) in [6, 6.07) is 11.7. The first-order valence-electron chi connectivity index (χ1n) is 9.64. The van der Waals surface area contributed by atoms with Gasteiger partial charge in [0.2, 0.25) is 6.10 Å². The monoisotopic (exact) mass is 416 g/mol. The molecule has 29 heavy (non-hydrogen) atoms. The zero-order valence-corrected chi connectivity index (χ0v) is 17.3. The number of carbonyl (C=O) groups is 1. The van der Waals surface area contributed by atoms with E-state index in [-0.39, 0.29) is 17.4 Å². The number of nitrogens with zero attached hydrogens (tertiary/aromatic N) is 2. The number of likely N-dealkylation sites (tertiary alicyclic amines) is 1. The number of aryl methyl sites for hydroxylation is 1. The molecule has 2 aromatic rings. The van der Waals surface area contributed by atoms with E-state index in [0.717, 1.165) is 31.5 Å². The van der Waals surface area contributed by atoms with Crippen LogP contribution in [0.15, 0.2) is 47.4 Å². The lowest BCUT2D eigenvalue weighted by Gasteiger charge is -2.29. The van der Waals surface area contributed by atoms with Crippen LogP contribution in [0.5, 0.6) is 11.5 Å². The second kappa shape index (κ2) is 7.59. The molecule has 0 aliphatic carbocycles. The number of carbonyl (C=O) groups excluding carboxylic acids is 1. The first-order chi connectivity index (χ1) is 13.9. The van der Waals surface area contributed by atoms with Crippen LogP contribution in [0.25, 0.3) is 0 Å². The molecule has 2 aliphatic rings. The second-order valence-electron chi connectivity index (χ2n) is 7.37. The molecule has 0 unspecified atom stereocenters. The first kappa shape index (κ1) is 19.6. The molecule has 0 saturated carbocycles. The highest BCUT2D eigenvalue weighted by Gasteiger charge is 2.33. The Balaban J connectivity index is 1.54. The van der Waals surface area contributed by atoms with Gasteiger partial charge in [0.05, 0.1) is 10.6 Å². The molecule has 2 aliphatic heterocycles. The maximum absolute atomic E-state index is 13.0. The van der Waals surface area contributed by atoms with Crippen LogP contribution >= 0.6 is 0 Å². The highest BCUT2D eigenvalue weighted by Crippen LogP contribution is 2.35. The molecule has 0 N–H and O–H groups in total. The summed E-state index contributed by atoms with van der Waals surface area (Å²) in [7, 11) is -2.24. The molecule has 0 radical (unpaired) electrons. The fourth-order valence-electron chi connectivity index (χ4n) is 3.53. The van der Waals surface area contributed by atoms with Crippen LogP contribution in [-0.2, 0) is 14.8 Å². The van der Waals surface area contributed by atoms with Crippen molar-refractivity contribution in [1.82, 2.24) is 4.90 Å². The van der Waals surface area contributed by atoms with E-state index in [1.165, 1.54) is 23.5 Å². The van der Waals surface area contributed by atoms with E-state index in [4.69, 9.17) is 9.47 Å². The summed E-state index contributed by atoms with van der Waals surface area (Å²) in [5.41, 5.74) is 1.62. The van der Waals surface area contributed by atoms with Crippen molar-refractivity contribution >= 4 is 21.6 Å². The van der Waals surface area contributed by atoms with Crippen LogP contribution < -0.4 is 13.8 Å². The molecule has 0 spiro atoms. The van der Waals surface area contributed by atoms with E-state index in [9.17, 15) is 13.2 Å². The van der Waals surface area contributed by atoms with Gasteiger partial charge in [-0.1, -0.05) is 17.7 Å². The summed E-state index contributed by atoms with van der Waals surface area (Å²) < 4.78 is 38.8. The molecular formula is C21H24N2O5S. The third kappa shape index (κ3) is 3.76. The molecular weight excluding hydrogens is 392 g/mol. The van der Waals surface area contributed by atoms with Gasteiger partial charge < -0.3 is 14.4 Å². The molecule has 1 amide bonds. The highest BCUT2D eigenvalue weighted by atomic mass is 32.2. The summed E-state index contributed by atoms with van der Waals surface area (Å²) in [6.45, 7) is 3.50. The number of hydrogen-bond donors (Lipinski definition) is 0. The Morgan fingerprint density at radius 1 is 1.07 bits per heavy atom. The molecule has 0 bridgehead atoms. The number of benzene rings is 2. The molecule has 8 heteroatoms. The molecule has 4 rings (SSSR count). The van der Waals surface area contributed by atoms with Gasteiger partial charge in [-0.05, 0) is 44.0 Å². The zero-order valence-electron chi connectivity index (χ0n) is 16.5. The van der Waals surface area contributed by atoms with Gasteiger partial charge in [-0.2, -0.15) is 0 Å². The lowest BCUT2D eigenvalue weighted by molar-refractivity contribution is -0.140. The SMILES string of the molecule is Cc1ccc(N(C)S(=O)(=O)c2ccc3c(c2)OC[C@@H](C(=O)N2CCCC2)O3)cc1. The van der Waals surface area contributed by atoms with Crippen LogP contribution in [0.4, 0.5) is 5.69 Å². The van der Waals surface area contributed by atoms with Crippen molar-refractivity contribution in [3.8, 4) is 11.5 Å². The van der Waals surface area contributed by atoms with Gasteiger partial charge in [0.25, 0.3) is 15.9 Å². The summed E-state index contributed by atoms with van der Waals surface area (Å²) in [6.07, 6.45) is 1.32.